The van der Waals surface area contributed by atoms with Crippen LogP contribution in [0.3, 0.4) is 0 Å². The maximum atomic E-state index is 13.4. The minimum absolute atomic E-state index is 0.135. The molecule has 0 saturated carbocycles. The summed E-state index contributed by atoms with van der Waals surface area (Å²) in [6, 6.07) is 3.40. The standard InChI is InChI=1S/C12H13FN2O3/c1-8-3-2-6-14(8)12(16)9-4-5-11(15(17)18)10(13)7-9/h4-5,7-8H,2-3,6H2,1H3. The van der Waals surface area contributed by atoms with E-state index in [1.165, 1.54) is 6.07 Å². The molecule has 96 valence electrons. The van der Waals surface area contributed by atoms with E-state index in [4.69, 9.17) is 0 Å². The molecule has 1 unspecified atom stereocenters. The number of hydrogen-bond acceptors (Lipinski definition) is 3. The number of benzene rings is 1. The van der Waals surface area contributed by atoms with Crippen LogP contribution in [-0.2, 0) is 0 Å². The van der Waals surface area contributed by atoms with Crippen molar-refractivity contribution in [2.45, 2.75) is 25.8 Å². The lowest BCUT2D eigenvalue weighted by molar-refractivity contribution is -0.387. The van der Waals surface area contributed by atoms with Gasteiger partial charge in [0.2, 0.25) is 5.82 Å². The number of nitro groups is 1. The SMILES string of the molecule is CC1CCCN1C(=O)c1ccc([N+](=O)[O-])c(F)c1. The van der Waals surface area contributed by atoms with Gasteiger partial charge in [-0.3, -0.25) is 14.9 Å². The molecule has 0 aliphatic carbocycles. The Bertz CT molecular complexity index is 504. The fourth-order valence-electron chi connectivity index (χ4n) is 2.19. The maximum Gasteiger partial charge on any atom is 0.304 e. The van der Waals surface area contributed by atoms with Gasteiger partial charge in [0.15, 0.2) is 0 Å². The summed E-state index contributed by atoms with van der Waals surface area (Å²) in [6.07, 6.45) is 1.86. The first-order valence-corrected chi connectivity index (χ1v) is 5.75. The largest absolute Gasteiger partial charge is 0.336 e. The van der Waals surface area contributed by atoms with E-state index < -0.39 is 16.4 Å². The average molecular weight is 252 g/mol. The van der Waals surface area contributed by atoms with Crippen LogP contribution in [-0.4, -0.2) is 28.3 Å². The first kappa shape index (κ1) is 12.5. The van der Waals surface area contributed by atoms with E-state index in [-0.39, 0.29) is 17.5 Å². The molecule has 0 bridgehead atoms. The lowest BCUT2D eigenvalue weighted by Crippen LogP contribution is -2.33. The predicted octanol–water partition coefficient (Wildman–Crippen LogP) is 2.36. The molecule has 0 N–H and O–H groups in total. The van der Waals surface area contributed by atoms with Crippen LogP contribution in [0.15, 0.2) is 18.2 Å². The van der Waals surface area contributed by atoms with Gasteiger partial charge in [0, 0.05) is 24.2 Å². The van der Waals surface area contributed by atoms with Crippen LogP contribution in [0.1, 0.15) is 30.1 Å². The first-order valence-electron chi connectivity index (χ1n) is 5.75. The Balaban J connectivity index is 2.26. The van der Waals surface area contributed by atoms with Crippen LogP contribution >= 0.6 is 0 Å². The maximum absolute atomic E-state index is 13.4. The van der Waals surface area contributed by atoms with Gasteiger partial charge in [-0.05, 0) is 31.9 Å². The molecule has 2 rings (SSSR count). The Kier molecular flexibility index (Phi) is 3.27. The third kappa shape index (κ3) is 2.18. The molecule has 1 aliphatic heterocycles. The van der Waals surface area contributed by atoms with Crippen molar-refractivity contribution in [2.75, 3.05) is 6.54 Å². The van der Waals surface area contributed by atoms with Crippen LogP contribution in [0.4, 0.5) is 10.1 Å². The fourth-order valence-corrected chi connectivity index (χ4v) is 2.19. The van der Waals surface area contributed by atoms with E-state index >= 15 is 0 Å². The lowest BCUT2D eigenvalue weighted by atomic mass is 10.1. The number of likely N-dealkylation sites (tertiary alicyclic amines) is 1. The highest BCUT2D eigenvalue weighted by atomic mass is 19.1. The summed E-state index contributed by atoms with van der Waals surface area (Å²) in [6.45, 7) is 2.59. The minimum Gasteiger partial charge on any atom is -0.336 e. The van der Waals surface area contributed by atoms with Crippen molar-refractivity contribution < 1.29 is 14.1 Å². The molecule has 6 heteroatoms. The van der Waals surface area contributed by atoms with Crippen LogP contribution in [0, 0.1) is 15.9 Å². The molecule has 5 nitrogen and oxygen atoms in total. The Hall–Kier alpha value is -1.98. The quantitative estimate of drug-likeness (QED) is 0.599. The van der Waals surface area contributed by atoms with Gasteiger partial charge in [0.05, 0.1) is 4.92 Å². The van der Waals surface area contributed by atoms with Crippen molar-refractivity contribution in [3.63, 3.8) is 0 Å². The Labute approximate surface area is 103 Å². The number of carbonyl (C=O) groups excluding carboxylic acids is 1. The van der Waals surface area contributed by atoms with Gasteiger partial charge in [0.1, 0.15) is 0 Å². The van der Waals surface area contributed by atoms with Crippen LogP contribution in [0.2, 0.25) is 0 Å². The second-order valence-electron chi connectivity index (χ2n) is 4.41. The molecule has 1 aromatic carbocycles. The second kappa shape index (κ2) is 4.72. The number of hydrogen-bond donors (Lipinski definition) is 0. The molecule has 0 spiro atoms. The molecular formula is C12H13FN2O3. The van der Waals surface area contributed by atoms with Gasteiger partial charge in [0.25, 0.3) is 5.91 Å². The number of halogens is 1. The Morgan fingerprint density at radius 2 is 2.28 bits per heavy atom. The van der Waals surface area contributed by atoms with Gasteiger partial charge in [-0.25, -0.2) is 0 Å². The summed E-state index contributed by atoms with van der Waals surface area (Å²) < 4.78 is 13.4. The highest BCUT2D eigenvalue weighted by molar-refractivity contribution is 5.94. The average Bonchev–Trinajstić information content (AvgIpc) is 2.74. The lowest BCUT2D eigenvalue weighted by Gasteiger charge is -2.21. The molecule has 1 heterocycles. The molecule has 1 fully saturated rings. The number of rotatable bonds is 2. The number of nitrogens with zero attached hydrogens (tertiary/aromatic N) is 2. The summed E-state index contributed by atoms with van der Waals surface area (Å²) in [5.74, 6) is -1.24. The van der Waals surface area contributed by atoms with Crippen molar-refractivity contribution in [3.05, 3.63) is 39.7 Å². The van der Waals surface area contributed by atoms with E-state index in [2.05, 4.69) is 0 Å². The van der Waals surface area contributed by atoms with E-state index in [1.54, 1.807) is 4.90 Å². The topological polar surface area (TPSA) is 63.5 Å². The third-order valence-electron chi connectivity index (χ3n) is 3.21. The Morgan fingerprint density at radius 1 is 1.56 bits per heavy atom. The number of carbonyl (C=O) groups is 1. The molecule has 0 radical (unpaired) electrons. The monoisotopic (exact) mass is 252 g/mol. The fraction of sp³-hybridized carbons (Fsp3) is 0.417. The van der Waals surface area contributed by atoms with E-state index in [1.807, 2.05) is 6.92 Å². The van der Waals surface area contributed by atoms with Gasteiger partial charge in [-0.15, -0.1) is 0 Å². The van der Waals surface area contributed by atoms with E-state index in [0.717, 1.165) is 25.0 Å². The van der Waals surface area contributed by atoms with E-state index in [9.17, 15) is 19.3 Å². The van der Waals surface area contributed by atoms with Crippen molar-refractivity contribution >= 4 is 11.6 Å². The molecule has 1 aliphatic rings. The van der Waals surface area contributed by atoms with Gasteiger partial charge >= 0.3 is 5.69 Å². The summed E-state index contributed by atoms with van der Waals surface area (Å²) in [7, 11) is 0. The normalized spacial score (nSPS) is 19.0. The molecular weight excluding hydrogens is 239 g/mol. The predicted molar refractivity (Wildman–Crippen MR) is 62.8 cm³/mol. The Morgan fingerprint density at radius 3 is 2.78 bits per heavy atom. The summed E-state index contributed by atoms with van der Waals surface area (Å²) >= 11 is 0. The highest BCUT2D eigenvalue weighted by Crippen LogP contribution is 2.22. The van der Waals surface area contributed by atoms with Crippen molar-refractivity contribution in [2.24, 2.45) is 0 Å². The van der Waals surface area contributed by atoms with E-state index in [0.29, 0.717) is 6.54 Å². The molecule has 1 aromatic rings. The first-order chi connectivity index (χ1) is 8.50. The molecule has 1 atom stereocenters. The zero-order valence-corrected chi connectivity index (χ0v) is 9.93. The zero-order chi connectivity index (χ0) is 13.3. The number of nitro benzene ring substituents is 1. The van der Waals surface area contributed by atoms with Gasteiger partial charge in [-0.2, -0.15) is 4.39 Å². The third-order valence-corrected chi connectivity index (χ3v) is 3.21. The molecule has 1 amide bonds. The summed E-state index contributed by atoms with van der Waals surface area (Å²) in [5, 5.41) is 10.5. The highest BCUT2D eigenvalue weighted by Gasteiger charge is 2.27. The summed E-state index contributed by atoms with van der Waals surface area (Å²) in [5.41, 5.74) is -0.451. The van der Waals surface area contributed by atoms with Crippen molar-refractivity contribution in [1.29, 1.82) is 0 Å². The summed E-state index contributed by atoms with van der Waals surface area (Å²) in [4.78, 5) is 23.4. The van der Waals surface area contributed by atoms with Gasteiger partial charge in [-0.1, -0.05) is 0 Å². The minimum atomic E-state index is -0.974. The van der Waals surface area contributed by atoms with Crippen molar-refractivity contribution in [1.82, 2.24) is 4.90 Å². The van der Waals surface area contributed by atoms with Crippen LogP contribution in [0.5, 0.6) is 0 Å². The second-order valence-corrected chi connectivity index (χ2v) is 4.41. The molecule has 1 saturated heterocycles. The van der Waals surface area contributed by atoms with Crippen LogP contribution in [0.25, 0.3) is 0 Å². The zero-order valence-electron chi connectivity index (χ0n) is 9.93. The van der Waals surface area contributed by atoms with Crippen LogP contribution < -0.4 is 0 Å². The van der Waals surface area contributed by atoms with Crippen molar-refractivity contribution in [3.8, 4) is 0 Å². The van der Waals surface area contributed by atoms with Gasteiger partial charge < -0.3 is 4.90 Å². The smallest absolute Gasteiger partial charge is 0.304 e. The number of amides is 1. The molecule has 0 aromatic heterocycles. The molecule has 18 heavy (non-hydrogen) atoms.